The molecule has 0 radical (unpaired) electrons. The second kappa shape index (κ2) is 8.49. The van der Waals surface area contributed by atoms with Crippen molar-refractivity contribution in [1.82, 2.24) is 0 Å². The molecule has 3 rings (SSSR count). The van der Waals surface area contributed by atoms with Crippen LogP contribution in [-0.2, 0) is 0 Å². The molecule has 1 atom stereocenters. The molecule has 0 spiro atoms. The molecule has 2 aromatic rings. The fourth-order valence-electron chi connectivity index (χ4n) is 4.08. The highest BCUT2D eigenvalue weighted by Crippen LogP contribution is 2.32. The van der Waals surface area contributed by atoms with Gasteiger partial charge in [0.05, 0.1) is 0 Å². The summed E-state index contributed by atoms with van der Waals surface area (Å²) in [5, 5.41) is 3.30. The third kappa shape index (κ3) is 4.41. The third-order valence-corrected chi connectivity index (χ3v) is 8.59. The van der Waals surface area contributed by atoms with E-state index in [4.69, 9.17) is 0 Å². The van der Waals surface area contributed by atoms with E-state index >= 15 is 0 Å². The van der Waals surface area contributed by atoms with Gasteiger partial charge in [0.15, 0.2) is 0 Å². The maximum Gasteiger partial charge on any atom is 0.103 e. The molecule has 0 aromatic heterocycles. The summed E-state index contributed by atoms with van der Waals surface area (Å²) in [5.74, 6) is 0. The molecule has 0 bridgehead atoms. The van der Waals surface area contributed by atoms with Gasteiger partial charge in [0.25, 0.3) is 0 Å². The van der Waals surface area contributed by atoms with Crippen LogP contribution in [0.25, 0.3) is 5.57 Å². The maximum atomic E-state index is 2.52. The van der Waals surface area contributed by atoms with Crippen LogP contribution in [0.15, 0.2) is 65.9 Å². The molecule has 2 aromatic carbocycles. The number of rotatable bonds is 7. The van der Waals surface area contributed by atoms with Crippen molar-refractivity contribution in [2.75, 3.05) is 0 Å². The average Bonchev–Trinajstić information content (AvgIpc) is 3.08. The van der Waals surface area contributed by atoms with Crippen LogP contribution in [-0.4, -0.2) is 8.80 Å². The lowest BCUT2D eigenvalue weighted by molar-refractivity contribution is 0.767. The van der Waals surface area contributed by atoms with E-state index in [-0.39, 0.29) is 0 Å². The molecule has 0 heterocycles. The lowest BCUT2D eigenvalue weighted by Crippen LogP contribution is -2.33. The molecule has 1 aliphatic rings. The molecule has 0 amide bonds. The minimum absolute atomic E-state index is 1.10. The zero-order chi connectivity index (χ0) is 17.6. The molecule has 0 saturated heterocycles. The van der Waals surface area contributed by atoms with Gasteiger partial charge in [-0.3, -0.25) is 0 Å². The first-order valence-corrected chi connectivity index (χ1v) is 11.7. The summed E-state index contributed by atoms with van der Waals surface area (Å²) < 4.78 is 0. The van der Waals surface area contributed by atoms with Gasteiger partial charge in [0, 0.05) is 0 Å². The van der Waals surface area contributed by atoms with E-state index < -0.39 is 8.80 Å². The van der Waals surface area contributed by atoms with Crippen LogP contribution >= 0.6 is 0 Å². The number of aryl methyl sites for hydroxylation is 2. The third-order valence-electron chi connectivity index (χ3n) is 5.17. The molecule has 0 saturated carbocycles. The van der Waals surface area contributed by atoms with Gasteiger partial charge in [-0.05, 0) is 31.4 Å². The van der Waals surface area contributed by atoms with E-state index in [1.54, 1.807) is 10.4 Å². The van der Waals surface area contributed by atoms with E-state index in [0.717, 1.165) is 6.42 Å². The van der Waals surface area contributed by atoms with E-state index in [1.807, 2.05) is 0 Å². The van der Waals surface area contributed by atoms with Gasteiger partial charge in [-0.1, -0.05) is 114 Å². The Morgan fingerprint density at radius 3 is 2.28 bits per heavy atom. The van der Waals surface area contributed by atoms with Gasteiger partial charge in [0.1, 0.15) is 8.80 Å². The fourth-order valence-corrected chi connectivity index (χ4v) is 7.78. The Morgan fingerprint density at radius 2 is 1.60 bits per heavy atom. The van der Waals surface area contributed by atoms with E-state index in [1.165, 1.54) is 47.6 Å². The second-order valence-electron chi connectivity index (χ2n) is 7.35. The van der Waals surface area contributed by atoms with Crippen molar-refractivity contribution in [2.45, 2.75) is 52.5 Å². The van der Waals surface area contributed by atoms with Gasteiger partial charge in [0.2, 0.25) is 0 Å². The highest BCUT2D eigenvalue weighted by molar-refractivity contribution is 6.82. The molecule has 25 heavy (non-hydrogen) atoms. The fraction of sp³-hybridized carbons (Fsp3) is 0.333. The van der Waals surface area contributed by atoms with Crippen molar-refractivity contribution in [2.24, 2.45) is 0 Å². The average molecular weight is 347 g/mol. The molecule has 130 valence electrons. The van der Waals surface area contributed by atoms with Crippen molar-refractivity contribution < 1.29 is 0 Å². The molecule has 0 nitrogen and oxygen atoms in total. The normalized spacial score (nSPS) is 15.0. The van der Waals surface area contributed by atoms with Crippen molar-refractivity contribution in [3.05, 3.63) is 82.6 Å². The molecular formula is C24H30Si. The van der Waals surface area contributed by atoms with Crippen LogP contribution in [0.4, 0.5) is 0 Å². The summed E-state index contributed by atoms with van der Waals surface area (Å²) in [6.45, 7) is 6.79. The highest BCUT2D eigenvalue weighted by atomic mass is 28.3. The summed E-state index contributed by atoms with van der Waals surface area (Å²) >= 11 is 0. The van der Waals surface area contributed by atoms with Crippen LogP contribution in [0.2, 0.25) is 6.04 Å². The molecule has 1 heteroatoms. The summed E-state index contributed by atoms with van der Waals surface area (Å²) in [6, 6.07) is 19.6. The Hall–Kier alpha value is -1.86. The number of hydrogen-bond donors (Lipinski definition) is 0. The van der Waals surface area contributed by atoms with E-state index in [2.05, 4.69) is 81.5 Å². The smallest absolute Gasteiger partial charge is 0.0808 e. The van der Waals surface area contributed by atoms with Crippen LogP contribution in [0.1, 0.15) is 49.3 Å². The van der Waals surface area contributed by atoms with Crippen molar-refractivity contribution in [3.63, 3.8) is 0 Å². The van der Waals surface area contributed by atoms with Crippen molar-refractivity contribution in [3.8, 4) is 0 Å². The van der Waals surface area contributed by atoms with Crippen LogP contribution in [0.5, 0.6) is 0 Å². The van der Waals surface area contributed by atoms with Crippen LogP contribution in [0, 0.1) is 13.8 Å². The largest absolute Gasteiger partial charge is 0.103 e. The predicted molar refractivity (Wildman–Crippen MR) is 114 cm³/mol. The number of allylic oxidation sites excluding steroid dienone is 4. The molecule has 0 aliphatic heterocycles. The molecule has 1 aliphatic carbocycles. The first-order chi connectivity index (χ1) is 12.2. The minimum Gasteiger partial charge on any atom is -0.0808 e. The monoisotopic (exact) mass is 346 g/mol. The maximum absolute atomic E-state index is 2.52. The molecule has 0 N–H and O–H groups in total. The van der Waals surface area contributed by atoms with Crippen molar-refractivity contribution >= 4 is 19.6 Å². The van der Waals surface area contributed by atoms with E-state index in [9.17, 15) is 0 Å². The number of unbranched alkanes of at least 4 members (excludes halogenated alkanes) is 2. The zero-order valence-electron chi connectivity index (χ0n) is 15.9. The minimum atomic E-state index is -1.17. The highest BCUT2D eigenvalue weighted by Gasteiger charge is 2.24. The Labute approximate surface area is 154 Å². The molecule has 0 fully saturated rings. The lowest BCUT2D eigenvalue weighted by atomic mass is 10.1. The van der Waals surface area contributed by atoms with Gasteiger partial charge in [-0.2, -0.15) is 0 Å². The first-order valence-electron chi connectivity index (χ1n) is 9.73. The Bertz CT molecular complexity index is 748. The van der Waals surface area contributed by atoms with Gasteiger partial charge >= 0.3 is 0 Å². The topological polar surface area (TPSA) is 0 Å². The quantitative estimate of drug-likeness (QED) is 0.434. The Morgan fingerprint density at radius 1 is 0.880 bits per heavy atom. The van der Waals surface area contributed by atoms with Crippen molar-refractivity contribution in [1.29, 1.82) is 0 Å². The lowest BCUT2D eigenvalue weighted by Gasteiger charge is -2.22. The summed E-state index contributed by atoms with van der Waals surface area (Å²) in [6.07, 6.45) is 10.1. The molecule has 1 unspecified atom stereocenters. The zero-order valence-corrected chi connectivity index (χ0v) is 17.0. The number of benzene rings is 2. The van der Waals surface area contributed by atoms with Crippen LogP contribution in [0.3, 0.4) is 0 Å². The Kier molecular flexibility index (Phi) is 6.09. The van der Waals surface area contributed by atoms with Gasteiger partial charge in [-0.25, -0.2) is 0 Å². The molecular weight excluding hydrogens is 316 g/mol. The van der Waals surface area contributed by atoms with Gasteiger partial charge in [-0.15, -0.1) is 0 Å². The number of hydrogen-bond acceptors (Lipinski definition) is 0. The summed E-state index contributed by atoms with van der Waals surface area (Å²) in [4.78, 5) is 0. The Balaban J connectivity index is 1.95. The van der Waals surface area contributed by atoms with Crippen LogP contribution < -0.4 is 5.19 Å². The summed E-state index contributed by atoms with van der Waals surface area (Å²) in [5.41, 5.74) is 5.72. The van der Waals surface area contributed by atoms with Gasteiger partial charge < -0.3 is 0 Å². The second-order valence-corrected chi connectivity index (χ2v) is 10.3. The standard InChI is InChI=1S/C24H30Si/c1-4-5-9-15-25(22-17-19(2)16-20(3)18-22)24-14-10-13-23(24)21-11-7-6-8-12-21/h6-8,11-14,16-18,25H,4-5,9-10,15H2,1-3H3. The van der Waals surface area contributed by atoms with E-state index in [0.29, 0.717) is 0 Å². The summed E-state index contributed by atoms with van der Waals surface area (Å²) in [7, 11) is -1.17. The first kappa shape index (κ1) is 17.9. The predicted octanol–water partition coefficient (Wildman–Crippen LogP) is 5.88. The SMILES string of the molecule is CCCCC[SiH](C1=CCC=C1c1ccccc1)c1cc(C)cc(C)c1.